The smallest absolute Gasteiger partial charge is 0.0641 e. The lowest BCUT2D eigenvalue weighted by molar-refractivity contribution is 0.316. The molecule has 0 saturated heterocycles. The number of terminal acetylenes is 1. The van der Waals surface area contributed by atoms with E-state index >= 15 is 0 Å². The molecule has 0 fully saturated rings. The predicted molar refractivity (Wildman–Crippen MR) is 46.0 cm³/mol. The molecular formula is C10H14O. The molecule has 0 aromatic carbocycles. The van der Waals surface area contributed by atoms with Gasteiger partial charge in [0.2, 0.25) is 0 Å². The van der Waals surface area contributed by atoms with Crippen LogP contribution in [0.15, 0.2) is 11.6 Å². The third-order valence-electron chi connectivity index (χ3n) is 2.22. The Morgan fingerprint density at radius 3 is 3.00 bits per heavy atom. The largest absolute Gasteiger partial charge is 0.392 e. The summed E-state index contributed by atoms with van der Waals surface area (Å²) in [5, 5.41) is 8.80. The quantitative estimate of drug-likeness (QED) is 0.469. The van der Waals surface area contributed by atoms with Crippen molar-refractivity contribution in [2.24, 2.45) is 5.92 Å². The van der Waals surface area contributed by atoms with Crippen molar-refractivity contribution < 1.29 is 5.11 Å². The second-order valence-corrected chi connectivity index (χ2v) is 3.07. The van der Waals surface area contributed by atoms with Crippen LogP contribution in [0, 0.1) is 18.3 Å². The molecule has 0 saturated carbocycles. The van der Waals surface area contributed by atoms with Crippen LogP contribution in [0.3, 0.4) is 0 Å². The van der Waals surface area contributed by atoms with Crippen LogP contribution in [0.4, 0.5) is 0 Å². The molecule has 60 valence electrons. The van der Waals surface area contributed by atoms with Gasteiger partial charge in [-0.3, -0.25) is 0 Å². The number of aliphatic hydroxyl groups excluding tert-OH is 1. The number of allylic oxidation sites excluding steroid dienone is 1. The molecule has 11 heavy (non-hydrogen) atoms. The van der Waals surface area contributed by atoms with Crippen molar-refractivity contribution in [1.29, 1.82) is 0 Å². The first-order valence-electron chi connectivity index (χ1n) is 4.09. The number of hydrogen-bond acceptors (Lipinski definition) is 1. The fraction of sp³-hybridized carbons (Fsp3) is 0.600. The Bertz CT molecular complexity index is 186. The number of rotatable bonds is 2. The molecule has 1 nitrogen and oxygen atoms in total. The fourth-order valence-electron chi connectivity index (χ4n) is 1.44. The average Bonchev–Trinajstić information content (AvgIpc) is 2.07. The van der Waals surface area contributed by atoms with Gasteiger partial charge >= 0.3 is 0 Å². The van der Waals surface area contributed by atoms with Crippen LogP contribution in [0.25, 0.3) is 0 Å². The molecule has 0 radical (unpaired) electrons. The minimum Gasteiger partial charge on any atom is -0.392 e. The zero-order valence-electron chi connectivity index (χ0n) is 6.71. The van der Waals surface area contributed by atoms with Gasteiger partial charge in [0, 0.05) is 6.42 Å². The first kappa shape index (κ1) is 8.36. The van der Waals surface area contributed by atoms with Crippen molar-refractivity contribution in [3.8, 4) is 12.3 Å². The average molecular weight is 150 g/mol. The summed E-state index contributed by atoms with van der Waals surface area (Å²) in [6, 6.07) is 0. The van der Waals surface area contributed by atoms with Gasteiger partial charge in [0.05, 0.1) is 6.61 Å². The van der Waals surface area contributed by atoms with Crippen molar-refractivity contribution in [1.82, 2.24) is 0 Å². The van der Waals surface area contributed by atoms with E-state index in [2.05, 4.69) is 12.0 Å². The van der Waals surface area contributed by atoms with Gasteiger partial charge in [-0.2, -0.15) is 0 Å². The van der Waals surface area contributed by atoms with E-state index in [0.717, 1.165) is 25.7 Å². The van der Waals surface area contributed by atoms with E-state index in [9.17, 15) is 0 Å². The van der Waals surface area contributed by atoms with E-state index in [0.29, 0.717) is 5.92 Å². The maximum atomic E-state index is 8.80. The maximum Gasteiger partial charge on any atom is 0.0641 e. The highest BCUT2D eigenvalue weighted by molar-refractivity contribution is 5.07. The zero-order valence-corrected chi connectivity index (χ0v) is 6.71. The maximum absolute atomic E-state index is 8.80. The van der Waals surface area contributed by atoms with E-state index in [1.54, 1.807) is 0 Å². The summed E-state index contributed by atoms with van der Waals surface area (Å²) in [7, 11) is 0. The van der Waals surface area contributed by atoms with Crippen LogP contribution in [-0.2, 0) is 0 Å². The van der Waals surface area contributed by atoms with Crippen molar-refractivity contribution in [3.05, 3.63) is 11.6 Å². The lowest BCUT2D eigenvalue weighted by Crippen LogP contribution is -2.06. The van der Waals surface area contributed by atoms with Crippen LogP contribution >= 0.6 is 0 Å². The molecule has 1 aliphatic carbocycles. The Labute approximate surface area is 68.1 Å². The summed E-state index contributed by atoms with van der Waals surface area (Å²) in [5.41, 5.74) is 1.18. The normalized spacial score (nSPS) is 24.0. The first-order valence-corrected chi connectivity index (χ1v) is 4.09. The Kier molecular flexibility index (Phi) is 3.19. The van der Waals surface area contributed by atoms with E-state index in [1.165, 1.54) is 5.57 Å². The number of aliphatic hydroxyl groups is 1. The lowest BCUT2D eigenvalue weighted by Gasteiger charge is -2.18. The summed E-state index contributed by atoms with van der Waals surface area (Å²) in [5.74, 6) is 3.34. The van der Waals surface area contributed by atoms with Gasteiger partial charge in [0.15, 0.2) is 0 Å². The molecule has 0 spiro atoms. The zero-order chi connectivity index (χ0) is 8.10. The molecule has 0 amide bonds. The Hall–Kier alpha value is -0.740. The monoisotopic (exact) mass is 150 g/mol. The molecule has 0 bridgehead atoms. The molecule has 0 aromatic rings. The van der Waals surface area contributed by atoms with Crippen molar-refractivity contribution >= 4 is 0 Å². The highest BCUT2D eigenvalue weighted by atomic mass is 16.3. The highest BCUT2D eigenvalue weighted by Gasteiger charge is 2.12. The topological polar surface area (TPSA) is 20.2 Å². The lowest BCUT2D eigenvalue weighted by atomic mass is 9.88. The van der Waals surface area contributed by atoms with Gasteiger partial charge in [-0.05, 0) is 30.8 Å². The molecule has 0 unspecified atom stereocenters. The van der Waals surface area contributed by atoms with Gasteiger partial charge in [-0.25, -0.2) is 0 Å². The Balaban J connectivity index is 2.36. The predicted octanol–water partition coefficient (Wildman–Crippen LogP) is 1.73. The molecule has 0 heterocycles. The van der Waals surface area contributed by atoms with Crippen LogP contribution in [0.1, 0.15) is 25.7 Å². The summed E-state index contributed by atoms with van der Waals surface area (Å²) in [6.07, 6.45) is 11.5. The second kappa shape index (κ2) is 4.20. The number of hydrogen-bond donors (Lipinski definition) is 1. The molecule has 1 N–H and O–H groups in total. The summed E-state index contributed by atoms with van der Waals surface area (Å²) >= 11 is 0. The molecule has 0 aliphatic heterocycles. The van der Waals surface area contributed by atoms with Gasteiger partial charge < -0.3 is 5.11 Å². The van der Waals surface area contributed by atoms with Gasteiger partial charge in [-0.1, -0.05) is 6.08 Å². The summed E-state index contributed by atoms with van der Waals surface area (Å²) in [6.45, 7) is 0.225. The van der Waals surface area contributed by atoms with Crippen molar-refractivity contribution in [3.63, 3.8) is 0 Å². The standard InChI is InChI=1S/C10H14O/c1-2-3-9-4-6-10(8-11)7-5-9/h1,6,9,11H,3-5,7-8H2/t9-/m1/s1. The molecule has 1 heteroatoms. The van der Waals surface area contributed by atoms with Crippen molar-refractivity contribution in [2.45, 2.75) is 25.7 Å². The Morgan fingerprint density at radius 1 is 1.73 bits per heavy atom. The second-order valence-electron chi connectivity index (χ2n) is 3.07. The summed E-state index contributed by atoms with van der Waals surface area (Å²) in [4.78, 5) is 0. The fourth-order valence-corrected chi connectivity index (χ4v) is 1.44. The molecule has 1 atom stereocenters. The summed E-state index contributed by atoms with van der Waals surface area (Å²) < 4.78 is 0. The molecule has 1 aliphatic rings. The SMILES string of the molecule is C#CC[C@@H]1CC=C(CO)CC1. The van der Waals surface area contributed by atoms with Crippen LogP contribution in [-0.4, -0.2) is 11.7 Å². The van der Waals surface area contributed by atoms with E-state index in [4.69, 9.17) is 11.5 Å². The molecule has 0 aromatic heterocycles. The van der Waals surface area contributed by atoms with Gasteiger partial charge in [0.25, 0.3) is 0 Å². The van der Waals surface area contributed by atoms with E-state index < -0.39 is 0 Å². The molecular weight excluding hydrogens is 136 g/mol. The van der Waals surface area contributed by atoms with Crippen LogP contribution in [0.2, 0.25) is 0 Å². The first-order chi connectivity index (χ1) is 5.36. The third-order valence-corrected chi connectivity index (χ3v) is 2.22. The molecule has 1 rings (SSSR count). The third kappa shape index (κ3) is 2.40. The Morgan fingerprint density at radius 2 is 2.55 bits per heavy atom. The van der Waals surface area contributed by atoms with Gasteiger partial charge in [0.1, 0.15) is 0 Å². The van der Waals surface area contributed by atoms with E-state index in [-0.39, 0.29) is 6.61 Å². The minimum atomic E-state index is 0.225. The van der Waals surface area contributed by atoms with E-state index in [1.807, 2.05) is 0 Å². The van der Waals surface area contributed by atoms with Crippen molar-refractivity contribution in [2.75, 3.05) is 6.61 Å². The highest BCUT2D eigenvalue weighted by Crippen LogP contribution is 2.24. The minimum absolute atomic E-state index is 0.225. The van der Waals surface area contributed by atoms with Crippen LogP contribution < -0.4 is 0 Å². The van der Waals surface area contributed by atoms with Crippen LogP contribution in [0.5, 0.6) is 0 Å². The van der Waals surface area contributed by atoms with Gasteiger partial charge in [-0.15, -0.1) is 12.3 Å².